The highest BCUT2D eigenvalue weighted by Gasteiger charge is 2.26. The zero-order chi connectivity index (χ0) is 12.6. The third-order valence-electron chi connectivity index (χ3n) is 2.73. The van der Waals surface area contributed by atoms with Crippen LogP contribution in [0.2, 0.25) is 0 Å². The van der Waals surface area contributed by atoms with Gasteiger partial charge in [0, 0.05) is 32.6 Å². The summed E-state index contributed by atoms with van der Waals surface area (Å²) in [6, 6.07) is 1.42. The van der Waals surface area contributed by atoms with Crippen LogP contribution < -0.4 is 0 Å². The molecule has 0 fully saturated rings. The summed E-state index contributed by atoms with van der Waals surface area (Å²) < 4.78 is 5.20. The number of fused-ring (bicyclic) bond motifs is 1. The van der Waals surface area contributed by atoms with Gasteiger partial charge in [0.1, 0.15) is 5.76 Å². The Bertz CT molecular complexity index is 464. The van der Waals surface area contributed by atoms with Crippen molar-refractivity contribution in [3.63, 3.8) is 0 Å². The average Bonchev–Trinajstić information content (AvgIpc) is 2.70. The molecule has 1 N–H and O–H groups in total. The fourth-order valence-electron chi connectivity index (χ4n) is 1.88. The van der Waals surface area contributed by atoms with E-state index in [2.05, 4.69) is 0 Å². The first kappa shape index (κ1) is 11.5. The summed E-state index contributed by atoms with van der Waals surface area (Å²) in [7, 11) is 3.38. The Morgan fingerprint density at radius 1 is 1.47 bits per heavy atom. The Labute approximate surface area is 98.4 Å². The lowest BCUT2D eigenvalue weighted by Crippen LogP contribution is -2.41. The summed E-state index contributed by atoms with van der Waals surface area (Å²) in [6.45, 7) is 0.958. The van der Waals surface area contributed by atoms with Crippen molar-refractivity contribution in [1.29, 1.82) is 0 Å². The van der Waals surface area contributed by atoms with E-state index in [-0.39, 0.29) is 11.8 Å². The predicted molar refractivity (Wildman–Crippen MR) is 58.9 cm³/mol. The molecule has 0 saturated heterocycles. The lowest BCUT2D eigenvalue weighted by Gasteiger charge is -2.28. The van der Waals surface area contributed by atoms with Crippen LogP contribution in [0.1, 0.15) is 21.9 Å². The molecule has 1 aromatic heterocycles. The predicted octanol–water partition coefficient (Wildman–Crippen LogP) is 1.02. The Kier molecular flexibility index (Phi) is 2.79. The first-order valence-corrected chi connectivity index (χ1v) is 5.30. The number of furan rings is 1. The molecule has 0 atom stereocenters. The second-order valence-electron chi connectivity index (χ2n) is 4.21. The second-order valence-corrected chi connectivity index (χ2v) is 4.21. The quantitative estimate of drug-likeness (QED) is 0.792. The molecule has 6 heteroatoms. The molecule has 6 nitrogen and oxygen atoms in total. The number of carboxylic acids is 1. The Morgan fingerprint density at radius 3 is 2.76 bits per heavy atom. The topological polar surface area (TPSA) is 74.0 Å². The van der Waals surface area contributed by atoms with Gasteiger partial charge in [-0.25, -0.2) is 9.59 Å². The van der Waals surface area contributed by atoms with Crippen LogP contribution in [0.15, 0.2) is 10.5 Å². The van der Waals surface area contributed by atoms with Gasteiger partial charge in [-0.2, -0.15) is 0 Å². The number of carbonyl (C=O) groups is 2. The number of carboxylic acid groups (broad SMARTS) is 1. The van der Waals surface area contributed by atoms with E-state index in [0.717, 1.165) is 5.56 Å². The van der Waals surface area contributed by atoms with Gasteiger partial charge in [0.2, 0.25) is 5.76 Å². The van der Waals surface area contributed by atoms with E-state index in [1.165, 1.54) is 11.0 Å². The molecule has 17 heavy (non-hydrogen) atoms. The fourth-order valence-corrected chi connectivity index (χ4v) is 1.88. The minimum atomic E-state index is -1.08. The molecule has 92 valence electrons. The summed E-state index contributed by atoms with van der Waals surface area (Å²) in [4.78, 5) is 25.7. The number of amides is 2. The van der Waals surface area contributed by atoms with Gasteiger partial charge in [0.25, 0.3) is 0 Å². The molecule has 0 radical (unpaired) electrons. The molecule has 0 saturated carbocycles. The van der Waals surface area contributed by atoms with E-state index in [9.17, 15) is 9.59 Å². The van der Waals surface area contributed by atoms with Crippen molar-refractivity contribution in [2.45, 2.75) is 13.0 Å². The zero-order valence-corrected chi connectivity index (χ0v) is 9.77. The minimum absolute atomic E-state index is 0.0610. The molecule has 0 aromatic carbocycles. The zero-order valence-electron chi connectivity index (χ0n) is 9.77. The number of urea groups is 1. The largest absolute Gasteiger partial charge is 0.475 e. The summed E-state index contributed by atoms with van der Waals surface area (Å²) >= 11 is 0. The van der Waals surface area contributed by atoms with Crippen molar-refractivity contribution in [3.8, 4) is 0 Å². The SMILES string of the molecule is CN(C)C(=O)N1CCc2oc(C(=O)O)cc2C1. The van der Waals surface area contributed by atoms with Gasteiger partial charge in [-0.05, 0) is 6.07 Å². The van der Waals surface area contributed by atoms with Crippen molar-refractivity contribution in [2.75, 3.05) is 20.6 Å². The third-order valence-corrected chi connectivity index (χ3v) is 2.73. The molecular formula is C11H14N2O4. The monoisotopic (exact) mass is 238 g/mol. The van der Waals surface area contributed by atoms with Crippen molar-refractivity contribution in [1.82, 2.24) is 9.80 Å². The molecule has 1 aliphatic rings. The van der Waals surface area contributed by atoms with Gasteiger partial charge >= 0.3 is 12.0 Å². The van der Waals surface area contributed by atoms with Crippen LogP contribution in [0.3, 0.4) is 0 Å². The maximum atomic E-state index is 11.8. The molecule has 0 unspecified atom stereocenters. The Balaban J connectivity index is 2.19. The summed E-state index contributed by atoms with van der Waals surface area (Å²) in [5.41, 5.74) is 0.781. The lowest BCUT2D eigenvalue weighted by atomic mass is 10.1. The molecule has 2 rings (SSSR count). The summed E-state index contributed by atoms with van der Waals surface area (Å²) in [5, 5.41) is 8.81. The first-order chi connectivity index (χ1) is 7.99. The molecule has 0 bridgehead atoms. The number of nitrogens with zero attached hydrogens (tertiary/aromatic N) is 2. The summed E-state index contributed by atoms with van der Waals surface area (Å²) in [6.07, 6.45) is 0.558. The van der Waals surface area contributed by atoms with Crippen molar-refractivity contribution in [3.05, 3.63) is 23.2 Å². The minimum Gasteiger partial charge on any atom is -0.475 e. The number of rotatable bonds is 1. The number of aromatic carboxylic acids is 1. The molecular weight excluding hydrogens is 224 g/mol. The molecule has 1 aliphatic heterocycles. The number of hydrogen-bond donors (Lipinski definition) is 1. The smallest absolute Gasteiger partial charge is 0.371 e. The molecule has 0 spiro atoms. The lowest BCUT2D eigenvalue weighted by molar-refractivity contribution is 0.0659. The average molecular weight is 238 g/mol. The molecule has 1 aromatic rings. The third kappa shape index (κ3) is 2.11. The van der Waals surface area contributed by atoms with Crippen LogP contribution in [-0.4, -0.2) is 47.5 Å². The van der Waals surface area contributed by atoms with Gasteiger partial charge in [-0.15, -0.1) is 0 Å². The van der Waals surface area contributed by atoms with Crippen LogP contribution in [0.4, 0.5) is 4.79 Å². The van der Waals surface area contributed by atoms with Crippen LogP contribution >= 0.6 is 0 Å². The highest BCUT2D eigenvalue weighted by atomic mass is 16.4. The normalized spacial score (nSPS) is 14.4. The maximum Gasteiger partial charge on any atom is 0.371 e. The highest BCUT2D eigenvalue weighted by Crippen LogP contribution is 2.23. The van der Waals surface area contributed by atoms with Crippen LogP contribution in [0, 0.1) is 0 Å². The fraction of sp³-hybridized carbons (Fsp3) is 0.455. The van der Waals surface area contributed by atoms with E-state index in [0.29, 0.717) is 25.3 Å². The van der Waals surface area contributed by atoms with Crippen LogP contribution in [0.25, 0.3) is 0 Å². The standard InChI is InChI=1S/C11H14N2O4/c1-12(2)11(16)13-4-3-8-7(6-13)5-9(17-8)10(14)15/h5H,3-4,6H2,1-2H3,(H,14,15). The van der Waals surface area contributed by atoms with Gasteiger partial charge in [-0.1, -0.05) is 0 Å². The molecule has 0 aliphatic carbocycles. The first-order valence-electron chi connectivity index (χ1n) is 5.30. The van der Waals surface area contributed by atoms with Gasteiger partial charge in [0.15, 0.2) is 0 Å². The Morgan fingerprint density at radius 2 is 2.18 bits per heavy atom. The van der Waals surface area contributed by atoms with E-state index in [1.54, 1.807) is 19.0 Å². The Hall–Kier alpha value is -1.98. The van der Waals surface area contributed by atoms with E-state index in [1.807, 2.05) is 0 Å². The van der Waals surface area contributed by atoms with Gasteiger partial charge in [-0.3, -0.25) is 0 Å². The van der Waals surface area contributed by atoms with Crippen molar-refractivity contribution >= 4 is 12.0 Å². The molecule has 2 heterocycles. The van der Waals surface area contributed by atoms with Crippen molar-refractivity contribution < 1.29 is 19.1 Å². The van der Waals surface area contributed by atoms with Crippen LogP contribution in [-0.2, 0) is 13.0 Å². The van der Waals surface area contributed by atoms with E-state index >= 15 is 0 Å². The van der Waals surface area contributed by atoms with Gasteiger partial charge < -0.3 is 19.3 Å². The number of hydrogen-bond acceptors (Lipinski definition) is 3. The van der Waals surface area contributed by atoms with Crippen molar-refractivity contribution in [2.24, 2.45) is 0 Å². The van der Waals surface area contributed by atoms with E-state index in [4.69, 9.17) is 9.52 Å². The summed E-state index contributed by atoms with van der Waals surface area (Å²) in [5.74, 6) is -0.468. The second kappa shape index (κ2) is 4.12. The number of carbonyl (C=O) groups excluding carboxylic acids is 1. The van der Waals surface area contributed by atoms with Crippen LogP contribution in [0.5, 0.6) is 0 Å². The molecule has 2 amide bonds. The van der Waals surface area contributed by atoms with E-state index < -0.39 is 5.97 Å². The highest BCUT2D eigenvalue weighted by molar-refractivity contribution is 5.84. The van der Waals surface area contributed by atoms with Gasteiger partial charge in [0.05, 0.1) is 6.54 Å². The maximum absolute atomic E-state index is 11.8.